The molecule has 0 radical (unpaired) electrons. The lowest BCUT2D eigenvalue weighted by molar-refractivity contribution is -0.120. The van der Waals surface area contributed by atoms with Gasteiger partial charge in [-0.15, -0.1) is 0 Å². The molecule has 0 saturated carbocycles. The zero-order valence-corrected chi connectivity index (χ0v) is 16.1. The molecular weight excluding hydrogens is 374 g/mol. The van der Waals surface area contributed by atoms with Crippen LogP contribution in [0, 0.1) is 0 Å². The molecule has 7 heteroatoms. The lowest BCUT2D eigenvalue weighted by Crippen LogP contribution is -2.26. The molecule has 0 heterocycles. The van der Waals surface area contributed by atoms with Gasteiger partial charge in [0.25, 0.3) is 0 Å². The molecule has 26 heavy (non-hydrogen) atoms. The lowest BCUT2D eigenvalue weighted by atomic mass is 10.1. The Labute approximate surface area is 159 Å². The summed E-state index contributed by atoms with van der Waals surface area (Å²) in [7, 11) is -1.95. The van der Waals surface area contributed by atoms with Crippen LogP contribution in [0.2, 0.25) is 5.02 Å². The number of methoxy groups -OCH3 is 1. The highest BCUT2D eigenvalue weighted by molar-refractivity contribution is 7.91. The maximum Gasteiger partial charge on any atom is 0.221 e. The summed E-state index contributed by atoms with van der Waals surface area (Å²) in [6.07, 6.45) is 1.51. The third kappa shape index (κ3) is 6.04. The molecule has 0 unspecified atom stereocenters. The van der Waals surface area contributed by atoms with Crippen LogP contribution in [0.1, 0.15) is 18.4 Å². The van der Waals surface area contributed by atoms with E-state index in [2.05, 4.69) is 5.32 Å². The van der Waals surface area contributed by atoms with Crippen LogP contribution in [0.25, 0.3) is 0 Å². The van der Waals surface area contributed by atoms with E-state index in [1.54, 1.807) is 19.2 Å². The van der Waals surface area contributed by atoms with Gasteiger partial charge >= 0.3 is 0 Å². The second kappa shape index (κ2) is 9.59. The highest BCUT2D eigenvalue weighted by Crippen LogP contribution is 2.22. The molecule has 140 valence electrons. The molecule has 0 aliphatic carbocycles. The zero-order chi connectivity index (χ0) is 19.0. The minimum absolute atomic E-state index is 0.0639. The number of hydrogen-bond donors (Lipinski definition) is 1. The normalized spacial score (nSPS) is 11.2. The van der Waals surface area contributed by atoms with E-state index < -0.39 is 9.84 Å². The van der Waals surface area contributed by atoms with Crippen molar-refractivity contribution in [2.45, 2.75) is 24.2 Å². The first-order valence-corrected chi connectivity index (χ1v) is 10.3. The summed E-state index contributed by atoms with van der Waals surface area (Å²) >= 11 is 5.92. The quantitative estimate of drug-likeness (QED) is 0.661. The number of hydrogen-bond acceptors (Lipinski definition) is 4. The number of carbonyl (C=O) groups is 1. The minimum atomic E-state index is -3.57. The van der Waals surface area contributed by atoms with Gasteiger partial charge in [0, 0.05) is 13.0 Å². The fourth-order valence-electron chi connectivity index (χ4n) is 2.43. The van der Waals surface area contributed by atoms with Crippen molar-refractivity contribution < 1.29 is 17.9 Å². The third-order valence-corrected chi connectivity index (χ3v) is 6.10. The Hall–Kier alpha value is -2.05. The molecule has 5 nitrogen and oxygen atoms in total. The fourth-order valence-corrected chi connectivity index (χ4v) is 4.25. The largest absolute Gasteiger partial charge is 0.497 e. The van der Waals surface area contributed by atoms with Crippen molar-refractivity contribution in [1.82, 2.24) is 5.32 Å². The summed E-state index contributed by atoms with van der Waals surface area (Å²) in [5, 5.41) is 2.93. The van der Waals surface area contributed by atoms with E-state index in [1.807, 2.05) is 24.3 Å². The van der Waals surface area contributed by atoms with Gasteiger partial charge < -0.3 is 10.1 Å². The molecule has 1 amide bonds. The number of benzene rings is 2. The van der Waals surface area contributed by atoms with Crippen LogP contribution in [0.4, 0.5) is 0 Å². The number of sulfone groups is 1. The molecule has 0 spiro atoms. The first-order chi connectivity index (χ1) is 12.4. The number of halogens is 1. The van der Waals surface area contributed by atoms with Crippen LogP contribution in [0.5, 0.6) is 5.75 Å². The van der Waals surface area contributed by atoms with Crippen LogP contribution >= 0.6 is 11.6 Å². The van der Waals surface area contributed by atoms with E-state index in [4.69, 9.17) is 16.3 Å². The fraction of sp³-hybridized carbons (Fsp3) is 0.316. The first-order valence-electron chi connectivity index (χ1n) is 8.29. The molecule has 2 rings (SSSR count). The van der Waals surface area contributed by atoms with E-state index in [0.717, 1.165) is 24.2 Å². The molecule has 0 aliphatic heterocycles. The Morgan fingerprint density at radius 1 is 1.12 bits per heavy atom. The van der Waals surface area contributed by atoms with Gasteiger partial charge in [-0.25, -0.2) is 8.42 Å². The van der Waals surface area contributed by atoms with E-state index in [9.17, 15) is 13.2 Å². The van der Waals surface area contributed by atoms with Crippen LogP contribution in [-0.2, 0) is 21.1 Å². The Kier molecular flexibility index (Phi) is 7.48. The number of ether oxygens (including phenoxy) is 1. The molecule has 1 N–H and O–H groups in total. The van der Waals surface area contributed by atoms with Crippen molar-refractivity contribution in [3.8, 4) is 5.75 Å². The molecule has 0 aromatic heterocycles. The van der Waals surface area contributed by atoms with Crippen molar-refractivity contribution in [2.24, 2.45) is 0 Å². The zero-order valence-electron chi connectivity index (χ0n) is 14.6. The maximum atomic E-state index is 12.3. The van der Waals surface area contributed by atoms with Crippen molar-refractivity contribution in [3.63, 3.8) is 0 Å². The van der Waals surface area contributed by atoms with Gasteiger partial charge in [-0.3, -0.25) is 4.79 Å². The number of nitrogens with one attached hydrogen (secondary N) is 1. The highest BCUT2D eigenvalue weighted by atomic mass is 35.5. The second-order valence-electron chi connectivity index (χ2n) is 5.80. The Morgan fingerprint density at radius 2 is 1.81 bits per heavy atom. The topological polar surface area (TPSA) is 72.5 Å². The molecule has 0 atom stereocenters. The van der Waals surface area contributed by atoms with Gasteiger partial charge in [0.2, 0.25) is 5.91 Å². The van der Waals surface area contributed by atoms with Crippen LogP contribution in [0.3, 0.4) is 0 Å². The third-order valence-electron chi connectivity index (χ3n) is 3.89. The molecule has 2 aromatic rings. The summed E-state index contributed by atoms with van der Waals surface area (Å²) in [4.78, 5) is 11.9. The molecule has 2 aromatic carbocycles. The standard InChI is InChI=1S/C19H22ClNO4S/c1-25-16-10-8-15(9-11-16)5-4-13-21-19(22)12-14-26(23,24)18-7-3-2-6-17(18)20/h2-3,6-11H,4-5,12-14H2,1H3,(H,21,22). The minimum Gasteiger partial charge on any atom is -0.497 e. The summed E-state index contributed by atoms with van der Waals surface area (Å²) < 4.78 is 29.6. The van der Waals surface area contributed by atoms with Crippen molar-refractivity contribution in [1.29, 1.82) is 0 Å². The van der Waals surface area contributed by atoms with Gasteiger partial charge in [0.1, 0.15) is 5.75 Å². The maximum absolute atomic E-state index is 12.3. The van der Waals surface area contributed by atoms with Crippen molar-refractivity contribution >= 4 is 27.3 Å². The molecule has 0 aliphatic rings. The first kappa shape index (κ1) is 20.3. The molecule has 0 saturated heterocycles. The van der Waals surface area contributed by atoms with E-state index >= 15 is 0 Å². The van der Waals surface area contributed by atoms with Crippen molar-refractivity contribution in [2.75, 3.05) is 19.4 Å². The smallest absolute Gasteiger partial charge is 0.221 e. The van der Waals surface area contributed by atoms with E-state index in [1.165, 1.54) is 12.1 Å². The average Bonchev–Trinajstić information content (AvgIpc) is 2.64. The van der Waals surface area contributed by atoms with Gasteiger partial charge in [0.05, 0.1) is 22.8 Å². The van der Waals surface area contributed by atoms with Gasteiger partial charge in [-0.05, 0) is 42.7 Å². The van der Waals surface area contributed by atoms with Gasteiger partial charge in [0.15, 0.2) is 9.84 Å². The Balaban J connectivity index is 1.72. The monoisotopic (exact) mass is 395 g/mol. The van der Waals surface area contributed by atoms with Gasteiger partial charge in [-0.1, -0.05) is 35.9 Å². The lowest BCUT2D eigenvalue weighted by Gasteiger charge is -2.08. The Morgan fingerprint density at radius 3 is 2.46 bits per heavy atom. The van der Waals surface area contributed by atoms with E-state index in [0.29, 0.717) is 6.54 Å². The van der Waals surface area contributed by atoms with Gasteiger partial charge in [-0.2, -0.15) is 0 Å². The number of amides is 1. The molecular formula is C19H22ClNO4S. The predicted octanol–water partition coefficient (Wildman–Crippen LogP) is 3.26. The summed E-state index contributed by atoms with van der Waals surface area (Å²) in [5.41, 5.74) is 1.15. The van der Waals surface area contributed by atoms with E-state index in [-0.39, 0.29) is 28.0 Å². The number of carbonyl (C=O) groups excluding carboxylic acids is 1. The SMILES string of the molecule is COc1ccc(CCCNC(=O)CCS(=O)(=O)c2ccccc2Cl)cc1. The molecule has 0 bridgehead atoms. The van der Waals surface area contributed by atoms with Crippen molar-refractivity contribution in [3.05, 3.63) is 59.1 Å². The number of aryl methyl sites for hydroxylation is 1. The summed E-state index contributed by atoms with van der Waals surface area (Å²) in [5.74, 6) is 0.262. The van der Waals surface area contributed by atoms with Crippen LogP contribution in [-0.4, -0.2) is 33.7 Å². The second-order valence-corrected chi connectivity index (χ2v) is 8.29. The predicted molar refractivity (Wildman–Crippen MR) is 102 cm³/mol. The average molecular weight is 396 g/mol. The Bertz CT molecular complexity index is 835. The highest BCUT2D eigenvalue weighted by Gasteiger charge is 2.18. The summed E-state index contributed by atoms with van der Waals surface area (Å²) in [6, 6.07) is 14.0. The summed E-state index contributed by atoms with van der Waals surface area (Å²) in [6.45, 7) is 0.497. The van der Waals surface area contributed by atoms with Crippen LogP contribution < -0.4 is 10.1 Å². The van der Waals surface area contributed by atoms with Crippen LogP contribution in [0.15, 0.2) is 53.4 Å². The number of rotatable bonds is 9. The molecule has 0 fully saturated rings.